The highest BCUT2D eigenvalue weighted by atomic mass is 16.0. The number of quaternary nitrogens is 1. The molecule has 0 bridgehead atoms. The van der Waals surface area contributed by atoms with Crippen LogP contribution < -0.4 is 0 Å². The summed E-state index contributed by atoms with van der Waals surface area (Å²) in [6.07, 6.45) is 7.44. The lowest BCUT2D eigenvalue weighted by Gasteiger charge is -2.39. The van der Waals surface area contributed by atoms with Crippen molar-refractivity contribution >= 4 is 0 Å². The molecule has 0 fully saturated rings. The standard InChI is InChI=1S/C29H38N.H2O/c1-2-3-13-23-30(24-20-27-14-7-4-8-15-27,25-21-28-16-9-5-10-17-28)26-22-29-18-11-6-12-19-29;/h4-12,14-19H,2-3,13,20-26H2,1H3;1H2/q+1;/p-1. The quantitative estimate of drug-likeness (QED) is 0.229. The summed E-state index contributed by atoms with van der Waals surface area (Å²) in [5.41, 5.74) is 4.40. The van der Waals surface area contributed by atoms with Crippen molar-refractivity contribution in [1.82, 2.24) is 0 Å². The van der Waals surface area contributed by atoms with E-state index < -0.39 is 0 Å². The van der Waals surface area contributed by atoms with Gasteiger partial charge in [0.05, 0.1) is 26.2 Å². The van der Waals surface area contributed by atoms with Crippen LogP contribution in [0.5, 0.6) is 0 Å². The fourth-order valence-corrected chi connectivity index (χ4v) is 4.40. The third kappa shape index (κ3) is 8.69. The molecule has 2 nitrogen and oxygen atoms in total. The van der Waals surface area contributed by atoms with E-state index >= 15 is 0 Å². The molecule has 0 heterocycles. The van der Waals surface area contributed by atoms with E-state index in [1.165, 1.54) is 66.6 Å². The van der Waals surface area contributed by atoms with Crippen LogP contribution in [0.15, 0.2) is 91.0 Å². The molecule has 0 amide bonds. The molecule has 0 aliphatic rings. The van der Waals surface area contributed by atoms with Gasteiger partial charge in [0.25, 0.3) is 0 Å². The first-order valence-electron chi connectivity index (χ1n) is 11.8. The van der Waals surface area contributed by atoms with E-state index in [0.29, 0.717) is 0 Å². The normalized spacial score (nSPS) is 11.1. The van der Waals surface area contributed by atoms with E-state index in [1.807, 2.05) is 0 Å². The zero-order valence-corrected chi connectivity index (χ0v) is 19.1. The number of hydrogen-bond donors (Lipinski definition) is 0. The lowest BCUT2D eigenvalue weighted by atomic mass is 10.0. The number of nitrogens with zero attached hydrogens (tertiary/aromatic N) is 1. The van der Waals surface area contributed by atoms with Gasteiger partial charge in [0.1, 0.15) is 0 Å². The van der Waals surface area contributed by atoms with Crippen LogP contribution in [0, 0.1) is 0 Å². The molecular weight excluding hydrogens is 378 g/mol. The highest BCUT2D eigenvalue weighted by Gasteiger charge is 2.26. The van der Waals surface area contributed by atoms with Crippen LogP contribution in [-0.2, 0) is 19.3 Å². The third-order valence-corrected chi connectivity index (χ3v) is 6.39. The molecule has 0 atom stereocenters. The Balaban J connectivity index is 0.00000341. The topological polar surface area (TPSA) is 30.0 Å². The molecular formula is C29H39NO. The molecule has 0 aromatic heterocycles. The Morgan fingerprint density at radius 1 is 0.484 bits per heavy atom. The Kier molecular flexibility index (Phi) is 11.1. The van der Waals surface area contributed by atoms with Crippen molar-refractivity contribution in [2.75, 3.05) is 26.2 Å². The molecule has 3 rings (SSSR count). The Hall–Kier alpha value is -2.42. The van der Waals surface area contributed by atoms with Crippen molar-refractivity contribution in [3.63, 3.8) is 0 Å². The lowest BCUT2D eigenvalue weighted by Crippen LogP contribution is -2.52. The summed E-state index contributed by atoms with van der Waals surface area (Å²) >= 11 is 0. The number of rotatable bonds is 13. The molecule has 0 spiro atoms. The van der Waals surface area contributed by atoms with Gasteiger partial charge in [-0.1, -0.05) is 104 Å². The largest absolute Gasteiger partial charge is 0.870 e. The highest BCUT2D eigenvalue weighted by molar-refractivity contribution is 5.16. The van der Waals surface area contributed by atoms with Gasteiger partial charge in [0, 0.05) is 19.3 Å². The smallest absolute Gasteiger partial charge is 0.0827 e. The summed E-state index contributed by atoms with van der Waals surface area (Å²) in [6.45, 7) is 7.29. The van der Waals surface area contributed by atoms with Gasteiger partial charge in [-0.15, -0.1) is 0 Å². The first-order valence-corrected chi connectivity index (χ1v) is 11.8. The van der Waals surface area contributed by atoms with Crippen molar-refractivity contribution < 1.29 is 9.96 Å². The van der Waals surface area contributed by atoms with Crippen LogP contribution in [0.3, 0.4) is 0 Å². The van der Waals surface area contributed by atoms with Crippen LogP contribution in [0.25, 0.3) is 0 Å². The van der Waals surface area contributed by atoms with E-state index in [4.69, 9.17) is 0 Å². The van der Waals surface area contributed by atoms with Crippen molar-refractivity contribution in [3.8, 4) is 0 Å². The average Bonchev–Trinajstić information content (AvgIpc) is 2.82. The molecule has 0 saturated heterocycles. The Morgan fingerprint density at radius 2 is 0.839 bits per heavy atom. The second-order valence-corrected chi connectivity index (χ2v) is 8.65. The van der Waals surface area contributed by atoms with Crippen LogP contribution in [0.4, 0.5) is 0 Å². The fraction of sp³-hybridized carbons (Fsp3) is 0.379. The molecule has 31 heavy (non-hydrogen) atoms. The Bertz CT molecular complexity index is 711. The molecule has 2 heteroatoms. The Morgan fingerprint density at radius 3 is 1.16 bits per heavy atom. The number of hydrogen-bond acceptors (Lipinski definition) is 1. The molecule has 0 saturated carbocycles. The van der Waals surface area contributed by atoms with Gasteiger partial charge in [-0.3, -0.25) is 0 Å². The van der Waals surface area contributed by atoms with E-state index in [0.717, 1.165) is 19.3 Å². The van der Waals surface area contributed by atoms with Crippen LogP contribution in [0.2, 0.25) is 0 Å². The maximum Gasteiger partial charge on any atom is 0.0827 e. The summed E-state index contributed by atoms with van der Waals surface area (Å²) in [5, 5.41) is 0. The van der Waals surface area contributed by atoms with Gasteiger partial charge in [-0.05, 0) is 29.5 Å². The summed E-state index contributed by atoms with van der Waals surface area (Å²) in [5.74, 6) is 0. The second kappa shape index (κ2) is 13.8. The van der Waals surface area contributed by atoms with Gasteiger partial charge < -0.3 is 9.96 Å². The predicted molar refractivity (Wildman–Crippen MR) is 132 cm³/mol. The minimum atomic E-state index is 0. The third-order valence-electron chi connectivity index (χ3n) is 6.39. The van der Waals surface area contributed by atoms with Crippen LogP contribution >= 0.6 is 0 Å². The van der Waals surface area contributed by atoms with Gasteiger partial charge in [-0.25, -0.2) is 0 Å². The summed E-state index contributed by atoms with van der Waals surface area (Å²) in [6, 6.07) is 33.1. The molecule has 3 aromatic rings. The number of unbranched alkanes of at least 4 members (excludes halogenated alkanes) is 2. The minimum Gasteiger partial charge on any atom is -0.870 e. The zero-order valence-electron chi connectivity index (χ0n) is 19.1. The highest BCUT2D eigenvalue weighted by Crippen LogP contribution is 2.18. The van der Waals surface area contributed by atoms with Gasteiger partial charge in [-0.2, -0.15) is 0 Å². The zero-order chi connectivity index (χ0) is 20.9. The number of benzene rings is 3. The maximum atomic E-state index is 2.31. The van der Waals surface area contributed by atoms with Crippen LogP contribution in [0.1, 0.15) is 42.9 Å². The predicted octanol–water partition coefficient (Wildman–Crippen LogP) is 6.54. The SMILES string of the molecule is CCCCC[N+](CCc1ccccc1)(CCc1ccccc1)CCc1ccccc1.[OH-]. The Labute approximate surface area is 189 Å². The van der Waals surface area contributed by atoms with E-state index in [-0.39, 0.29) is 5.48 Å². The molecule has 3 aromatic carbocycles. The van der Waals surface area contributed by atoms with Crippen molar-refractivity contribution in [2.24, 2.45) is 0 Å². The first kappa shape index (κ1) is 24.8. The van der Waals surface area contributed by atoms with Crippen LogP contribution in [-0.4, -0.2) is 36.1 Å². The summed E-state index contributed by atoms with van der Waals surface area (Å²) < 4.78 is 1.22. The molecule has 166 valence electrons. The fourth-order valence-electron chi connectivity index (χ4n) is 4.40. The molecule has 1 N–H and O–H groups in total. The van der Waals surface area contributed by atoms with Gasteiger partial charge in [0.2, 0.25) is 0 Å². The monoisotopic (exact) mass is 417 g/mol. The van der Waals surface area contributed by atoms with E-state index in [1.54, 1.807) is 0 Å². The van der Waals surface area contributed by atoms with E-state index in [2.05, 4.69) is 97.9 Å². The maximum absolute atomic E-state index is 2.31. The second-order valence-electron chi connectivity index (χ2n) is 8.65. The first-order chi connectivity index (χ1) is 14.8. The molecule has 0 radical (unpaired) electrons. The summed E-state index contributed by atoms with van der Waals surface area (Å²) in [4.78, 5) is 0. The van der Waals surface area contributed by atoms with Gasteiger partial charge >= 0.3 is 0 Å². The minimum absolute atomic E-state index is 0. The van der Waals surface area contributed by atoms with Crippen molar-refractivity contribution in [1.29, 1.82) is 0 Å². The summed E-state index contributed by atoms with van der Waals surface area (Å²) in [7, 11) is 0. The molecule has 0 aliphatic carbocycles. The average molecular weight is 418 g/mol. The van der Waals surface area contributed by atoms with E-state index in [9.17, 15) is 0 Å². The van der Waals surface area contributed by atoms with Crippen molar-refractivity contribution in [3.05, 3.63) is 108 Å². The van der Waals surface area contributed by atoms with Crippen molar-refractivity contribution in [2.45, 2.75) is 45.4 Å². The molecule has 0 unspecified atom stereocenters. The lowest BCUT2D eigenvalue weighted by molar-refractivity contribution is -0.928. The van der Waals surface area contributed by atoms with Gasteiger partial charge in [0.15, 0.2) is 0 Å². The molecule has 0 aliphatic heterocycles.